The highest BCUT2D eigenvalue weighted by molar-refractivity contribution is 5.98. The van der Waals surface area contributed by atoms with E-state index in [1.54, 1.807) is 6.92 Å². The molecule has 1 amide bonds. The Bertz CT molecular complexity index is 579. The number of aromatic nitrogens is 3. The fraction of sp³-hybridized carbons (Fsp3) is 0.200. The number of primary amides is 1. The lowest BCUT2D eigenvalue weighted by Crippen LogP contribution is -2.16. The maximum absolute atomic E-state index is 11.2. The van der Waals surface area contributed by atoms with Gasteiger partial charge in [0.05, 0.1) is 24.0 Å². The number of rotatable bonds is 4. The van der Waals surface area contributed by atoms with Crippen LogP contribution in [0.25, 0.3) is 0 Å². The third-order valence-corrected chi connectivity index (χ3v) is 2.15. The molecular formula is C10H12N6O2. The van der Waals surface area contributed by atoms with Gasteiger partial charge in [-0.15, -0.1) is 0 Å². The second-order valence-corrected chi connectivity index (χ2v) is 3.62. The summed E-state index contributed by atoms with van der Waals surface area (Å²) in [5.74, 6) is 0.639. The third-order valence-electron chi connectivity index (χ3n) is 2.15. The lowest BCUT2D eigenvalue weighted by Gasteiger charge is -2.07. The summed E-state index contributed by atoms with van der Waals surface area (Å²) in [5, 5.41) is 6.53. The lowest BCUT2D eigenvalue weighted by atomic mass is 10.2. The molecule has 0 aromatic carbocycles. The number of amides is 1. The van der Waals surface area contributed by atoms with Gasteiger partial charge in [0.25, 0.3) is 5.91 Å². The Labute approximate surface area is 102 Å². The molecule has 2 heterocycles. The van der Waals surface area contributed by atoms with Gasteiger partial charge in [-0.2, -0.15) is 4.98 Å². The van der Waals surface area contributed by atoms with E-state index >= 15 is 0 Å². The maximum atomic E-state index is 11.2. The Kier molecular flexibility index (Phi) is 3.09. The van der Waals surface area contributed by atoms with Crippen LogP contribution in [0.15, 0.2) is 16.8 Å². The summed E-state index contributed by atoms with van der Waals surface area (Å²) in [6.45, 7) is 1.96. The van der Waals surface area contributed by atoms with Crippen molar-refractivity contribution >= 4 is 17.4 Å². The van der Waals surface area contributed by atoms with Gasteiger partial charge in [0.2, 0.25) is 5.89 Å². The first-order valence-electron chi connectivity index (χ1n) is 5.14. The van der Waals surface area contributed by atoms with Crippen molar-refractivity contribution in [1.82, 2.24) is 15.1 Å². The van der Waals surface area contributed by atoms with Crippen molar-refractivity contribution in [3.8, 4) is 0 Å². The summed E-state index contributed by atoms with van der Waals surface area (Å²) in [4.78, 5) is 19.2. The zero-order chi connectivity index (χ0) is 13.1. The van der Waals surface area contributed by atoms with Crippen molar-refractivity contribution in [1.29, 1.82) is 0 Å². The molecule has 2 aromatic rings. The van der Waals surface area contributed by atoms with Crippen LogP contribution >= 0.6 is 0 Å². The number of carbonyl (C=O) groups is 1. The van der Waals surface area contributed by atoms with Gasteiger partial charge in [0.15, 0.2) is 5.82 Å². The molecule has 0 bridgehead atoms. The van der Waals surface area contributed by atoms with Crippen LogP contribution in [0, 0.1) is 6.92 Å². The van der Waals surface area contributed by atoms with E-state index < -0.39 is 5.91 Å². The van der Waals surface area contributed by atoms with Crippen LogP contribution in [0.5, 0.6) is 0 Å². The number of anilines is 2. The molecule has 94 valence electrons. The molecule has 18 heavy (non-hydrogen) atoms. The minimum absolute atomic E-state index is 0.214. The number of pyridine rings is 1. The van der Waals surface area contributed by atoms with Crippen molar-refractivity contribution in [2.24, 2.45) is 5.73 Å². The molecule has 2 rings (SSSR count). The maximum Gasteiger partial charge on any atom is 0.252 e. The number of nitrogens with two attached hydrogens (primary N) is 2. The smallest absolute Gasteiger partial charge is 0.252 e. The van der Waals surface area contributed by atoms with E-state index in [4.69, 9.17) is 16.0 Å². The third kappa shape index (κ3) is 2.54. The Morgan fingerprint density at radius 3 is 2.94 bits per heavy atom. The molecule has 0 aliphatic rings. The lowest BCUT2D eigenvalue weighted by molar-refractivity contribution is 0.100. The standard InChI is InChI=1S/C10H12N6O2/c1-5-15-8(18-16-5)4-14-10-7(9(12)17)2-6(11)3-13-10/h2-3H,4,11H2,1H3,(H2,12,17)(H,13,14). The molecule has 2 aromatic heterocycles. The first-order valence-corrected chi connectivity index (χ1v) is 5.14. The van der Waals surface area contributed by atoms with E-state index in [2.05, 4.69) is 20.4 Å². The van der Waals surface area contributed by atoms with Gasteiger partial charge in [0, 0.05) is 0 Å². The molecular weight excluding hydrogens is 236 g/mol. The Hall–Kier alpha value is -2.64. The van der Waals surface area contributed by atoms with Gasteiger partial charge in [0.1, 0.15) is 5.82 Å². The van der Waals surface area contributed by atoms with Crippen LogP contribution in [0.4, 0.5) is 11.5 Å². The molecule has 0 radical (unpaired) electrons. The van der Waals surface area contributed by atoms with Gasteiger partial charge < -0.3 is 21.3 Å². The second kappa shape index (κ2) is 4.70. The second-order valence-electron chi connectivity index (χ2n) is 3.62. The molecule has 0 fully saturated rings. The molecule has 0 spiro atoms. The average Bonchev–Trinajstić information content (AvgIpc) is 2.73. The van der Waals surface area contributed by atoms with Gasteiger partial charge in [-0.25, -0.2) is 4.98 Å². The number of nitrogens with zero attached hydrogens (tertiary/aromatic N) is 3. The number of hydrogen-bond donors (Lipinski definition) is 3. The number of hydrogen-bond acceptors (Lipinski definition) is 7. The van der Waals surface area contributed by atoms with E-state index in [1.807, 2.05) is 0 Å². The summed E-state index contributed by atoms with van der Waals surface area (Å²) in [5.41, 5.74) is 11.3. The SMILES string of the molecule is Cc1noc(CNc2ncc(N)cc2C(N)=O)n1. The Morgan fingerprint density at radius 2 is 2.33 bits per heavy atom. The first-order chi connectivity index (χ1) is 8.56. The van der Waals surface area contributed by atoms with Crippen molar-refractivity contribution in [3.63, 3.8) is 0 Å². The monoisotopic (exact) mass is 248 g/mol. The van der Waals surface area contributed by atoms with Gasteiger partial charge in [-0.1, -0.05) is 5.16 Å². The Morgan fingerprint density at radius 1 is 1.56 bits per heavy atom. The molecule has 0 aliphatic carbocycles. The largest absolute Gasteiger partial charge is 0.397 e. The van der Waals surface area contributed by atoms with Crippen molar-refractivity contribution in [3.05, 3.63) is 29.5 Å². The summed E-state index contributed by atoms with van der Waals surface area (Å²) in [7, 11) is 0. The van der Waals surface area contributed by atoms with Crippen LogP contribution in [0.2, 0.25) is 0 Å². The quantitative estimate of drug-likeness (QED) is 0.696. The van der Waals surface area contributed by atoms with E-state index in [0.29, 0.717) is 23.2 Å². The van der Waals surface area contributed by atoms with Crippen LogP contribution in [-0.2, 0) is 6.54 Å². The Balaban J connectivity index is 2.16. The van der Waals surface area contributed by atoms with E-state index in [-0.39, 0.29) is 12.1 Å². The van der Waals surface area contributed by atoms with E-state index in [0.717, 1.165) is 0 Å². The topological polar surface area (TPSA) is 133 Å². The minimum Gasteiger partial charge on any atom is -0.397 e. The van der Waals surface area contributed by atoms with Crippen LogP contribution in [-0.4, -0.2) is 21.0 Å². The number of carbonyl (C=O) groups excluding carboxylic acids is 1. The summed E-state index contributed by atoms with van der Waals surface area (Å²) in [6.07, 6.45) is 1.42. The highest BCUT2D eigenvalue weighted by Crippen LogP contribution is 2.15. The predicted molar refractivity (Wildman–Crippen MR) is 63.5 cm³/mol. The minimum atomic E-state index is -0.612. The first kappa shape index (κ1) is 11.8. The molecule has 5 N–H and O–H groups in total. The van der Waals surface area contributed by atoms with Crippen LogP contribution in [0.3, 0.4) is 0 Å². The zero-order valence-electron chi connectivity index (χ0n) is 9.67. The van der Waals surface area contributed by atoms with Crippen molar-refractivity contribution < 1.29 is 9.32 Å². The molecule has 8 nitrogen and oxygen atoms in total. The molecule has 0 atom stereocenters. The molecule has 0 unspecified atom stereocenters. The predicted octanol–water partition coefficient (Wildman–Crippen LogP) is 0.0662. The van der Waals surface area contributed by atoms with E-state index in [9.17, 15) is 4.79 Å². The zero-order valence-corrected chi connectivity index (χ0v) is 9.67. The van der Waals surface area contributed by atoms with Gasteiger partial charge in [-0.3, -0.25) is 4.79 Å². The molecule has 0 saturated carbocycles. The van der Waals surface area contributed by atoms with Gasteiger partial charge >= 0.3 is 0 Å². The molecule has 0 aliphatic heterocycles. The summed E-state index contributed by atoms with van der Waals surface area (Å²) in [6, 6.07) is 1.46. The van der Waals surface area contributed by atoms with Crippen LogP contribution in [0.1, 0.15) is 22.1 Å². The van der Waals surface area contributed by atoms with Gasteiger partial charge in [-0.05, 0) is 13.0 Å². The number of nitrogen functional groups attached to an aromatic ring is 1. The highest BCUT2D eigenvalue weighted by atomic mass is 16.5. The van der Waals surface area contributed by atoms with Crippen molar-refractivity contribution in [2.75, 3.05) is 11.1 Å². The van der Waals surface area contributed by atoms with Crippen LogP contribution < -0.4 is 16.8 Å². The average molecular weight is 248 g/mol. The molecule has 8 heteroatoms. The summed E-state index contributed by atoms with van der Waals surface area (Å²) < 4.78 is 4.92. The highest BCUT2D eigenvalue weighted by Gasteiger charge is 2.11. The normalized spacial score (nSPS) is 10.3. The number of nitrogens with one attached hydrogen (secondary N) is 1. The molecule has 0 saturated heterocycles. The fourth-order valence-electron chi connectivity index (χ4n) is 1.38. The van der Waals surface area contributed by atoms with Crippen molar-refractivity contribution in [2.45, 2.75) is 13.5 Å². The van der Waals surface area contributed by atoms with E-state index in [1.165, 1.54) is 12.3 Å². The number of aryl methyl sites for hydroxylation is 1. The summed E-state index contributed by atoms with van der Waals surface area (Å²) >= 11 is 0. The fourth-order valence-corrected chi connectivity index (χ4v) is 1.38.